The number of para-hydroxylation sites is 1. The van der Waals surface area contributed by atoms with Crippen molar-refractivity contribution in [3.05, 3.63) is 95.3 Å². The first-order valence-electron chi connectivity index (χ1n) is 14.8. The molecule has 1 saturated heterocycles. The van der Waals surface area contributed by atoms with Crippen molar-refractivity contribution >= 4 is 17.5 Å². The third kappa shape index (κ3) is 7.28. The molecule has 2 N–H and O–H groups in total. The average molecular weight is 611 g/mol. The van der Waals surface area contributed by atoms with Gasteiger partial charge in [-0.05, 0) is 74.1 Å². The normalized spacial score (nSPS) is 22.5. The van der Waals surface area contributed by atoms with Gasteiger partial charge in [-0.25, -0.2) is 0 Å². The van der Waals surface area contributed by atoms with Crippen LogP contribution in [0.5, 0.6) is 0 Å². The SMILES string of the molecule is COCc1ccc(C2(O)CCC(N3CC[C@@H](N(C(=O)CNC(=O)c4cccc(C(F)(F)F)c4)c4ccccc4)C3)CC2)nc1. The van der Waals surface area contributed by atoms with E-state index in [1.165, 1.54) is 12.1 Å². The van der Waals surface area contributed by atoms with Gasteiger partial charge in [-0.2, -0.15) is 13.2 Å². The van der Waals surface area contributed by atoms with Crippen molar-refractivity contribution in [2.45, 2.75) is 62.6 Å². The van der Waals surface area contributed by atoms with E-state index in [1.54, 1.807) is 18.2 Å². The number of nitrogens with zero attached hydrogens (tertiary/aromatic N) is 3. The van der Waals surface area contributed by atoms with Gasteiger partial charge >= 0.3 is 6.18 Å². The van der Waals surface area contributed by atoms with Gasteiger partial charge in [-0.15, -0.1) is 0 Å². The molecule has 3 aromatic rings. The summed E-state index contributed by atoms with van der Waals surface area (Å²) in [6.07, 6.45) is 0.635. The van der Waals surface area contributed by atoms with Crippen LogP contribution in [0, 0.1) is 0 Å². The Morgan fingerprint density at radius 3 is 2.48 bits per heavy atom. The fourth-order valence-corrected chi connectivity index (χ4v) is 6.29. The molecule has 8 nitrogen and oxygen atoms in total. The molecule has 2 heterocycles. The number of hydrogen-bond acceptors (Lipinski definition) is 6. The lowest BCUT2D eigenvalue weighted by Gasteiger charge is -2.39. The molecule has 2 fully saturated rings. The molecule has 1 atom stereocenters. The van der Waals surface area contributed by atoms with Crippen molar-refractivity contribution in [2.75, 3.05) is 31.6 Å². The number of carbonyl (C=O) groups excluding carboxylic acids is 2. The Bertz CT molecular complexity index is 1430. The lowest BCUT2D eigenvalue weighted by Crippen LogP contribution is -2.48. The number of aliphatic hydroxyl groups is 1. The summed E-state index contributed by atoms with van der Waals surface area (Å²) >= 11 is 0. The Kier molecular flexibility index (Phi) is 9.67. The fourth-order valence-electron chi connectivity index (χ4n) is 6.29. The Labute approximate surface area is 254 Å². The van der Waals surface area contributed by atoms with E-state index in [-0.39, 0.29) is 30.1 Å². The number of nitrogens with one attached hydrogen (secondary N) is 1. The van der Waals surface area contributed by atoms with Gasteiger partial charge in [-0.1, -0.05) is 30.3 Å². The fraction of sp³-hybridized carbons (Fsp3) is 0.424. The van der Waals surface area contributed by atoms with Crippen LogP contribution in [0.4, 0.5) is 18.9 Å². The third-order valence-electron chi connectivity index (χ3n) is 8.63. The lowest BCUT2D eigenvalue weighted by molar-refractivity contribution is -0.137. The van der Waals surface area contributed by atoms with Gasteiger partial charge in [-0.3, -0.25) is 19.5 Å². The van der Waals surface area contributed by atoms with Crippen molar-refractivity contribution in [3.63, 3.8) is 0 Å². The number of benzene rings is 2. The second-order valence-corrected chi connectivity index (χ2v) is 11.5. The van der Waals surface area contributed by atoms with Crippen molar-refractivity contribution in [2.24, 2.45) is 0 Å². The monoisotopic (exact) mass is 610 g/mol. The first-order valence-corrected chi connectivity index (χ1v) is 14.8. The number of alkyl halides is 3. The van der Waals surface area contributed by atoms with Crippen LogP contribution in [0.3, 0.4) is 0 Å². The highest BCUT2D eigenvalue weighted by atomic mass is 19.4. The molecule has 11 heteroatoms. The zero-order valence-corrected chi connectivity index (χ0v) is 24.6. The highest BCUT2D eigenvalue weighted by molar-refractivity contribution is 6.00. The molecular weight excluding hydrogens is 573 g/mol. The van der Waals surface area contributed by atoms with E-state index in [0.29, 0.717) is 37.4 Å². The molecule has 1 saturated carbocycles. The van der Waals surface area contributed by atoms with Gasteiger partial charge in [0.15, 0.2) is 0 Å². The van der Waals surface area contributed by atoms with Crippen LogP contribution in [0.15, 0.2) is 72.9 Å². The predicted molar refractivity (Wildman–Crippen MR) is 159 cm³/mol. The smallest absolute Gasteiger partial charge is 0.384 e. The van der Waals surface area contributed by atoms with Crippen molar-refractivity contribution < 1.29 is 32.6 Å². The van der Waals surface area contributed by atoms with Crippen molar-refractivity contribution in [3.8, 4) is 0 Å². The standard InChI is InChI=1S/C33H37F3N4O4/c1-44-22-23-10-11-29(37-19-23)32(43)15-12-26(13-16-32)39-17-14-28(21-39)40(27-8-3-2-4-9-27)30(41)20-38-31(42)24-6-5-7-25(18-24)33(34,35)36/h2-11,18-19,26,28,43H,12-17,20-22H2,1H3,(H,38,42)/t26?,28-,32?/m1/s1. The molecule has 0 spiro atoms. The van der Waals surface area contributed by atoms with Crippen LogP contribution in [-0.2, 0) is 27.9 Å². The van der Waals surface area contributed by atoms with Gasteiger partial charge in [0.25, 0.3) is 5.91 Å². The second-order valence-electron chi connectivity index (χ2n) is 11.5. The molecule has 1 aliphatic heterocycles. The average Bonchev–Trinajstić information content (AvgIpc) is 3.50. The first-order chi connectivity index (χ1) is 21.1. The first kappa shape index (κ1) is 31.6. The van der Waals surface area contributed by atoms with E-state index in [1.807, 2.05) is 42.5 Å². The Hall–Kier alpha value is -3.80. The molecule has 5 rings (SSSR count). The molecule has 44 heavy (non-hydrogen) atoms. The number of halogens is 3. The minimum atomic E-state index is -4.58. The quantitative estimate of drug-likeness (QED) is 0.358. The summed E-state index contributed by atoms with van der Waals surface area (Å²) in [4.78, 5) is 34.8. The number of methoxy groups -OCH3 is 1. The van der Waals surface area contributed by atoms with Gasteiger partial charge in [0.05, 0.1) is 30.5 Å². The van der Waals surface area contributed by atoms with E-state index in [2.05, 4.69) is 15.2 Å². The van der Waals surface area contributed by atoms with Crippen molar-refractivity contribution in [1.82, 2.24) is 15.2 Å². The Morgan fingerprint density at radius 1 is 1.07 bits per heavy atom. The van der Waals surface area contributed by atoms with Crippen LogP contribution in [0.2, 0.25) is 0 Å². The number of amides is 2. The van der Waals surface area contributed by atoms with E-state index in [0.717, 1.165) is 43.5 Å². The number of anilines is 1. The molecule has 1 aliphatic carbocycles. The summed E-state index contributed by atoms with van der Waals surface area (Å²) in [5.74, 6) is -1.09. The molecule has 0 bridgehead atoms. The maximum Gasteiger partial charge on any atom is 0.416 e. The Balaban J connectivity index is 1.21. The number of carbonyl (C=O) groups is 2. The minimum absolute atomic E-state index is 0.147. The number of rotatable bonds is 9. The second kappa shape index (κ2) is 13.5. The van der Waals surface area contributed by atoms with E-state index >= 15 is 0 Å². The predicted octanol–water partition coefficient (Wildman–Crippen LogP) is 4.91. The van der Waals surface area contributed by atoms with Gasteiger partial charge in [0.1, 0.15) is 5.60 Å². The molecule has 1 aromatic heterocycles. The third-order valence-corrected chi connectivity index (χ3v) is 8.63. The van der Waals surface area contributed by atoms with E-state index in [4.69, 9.17) is 4.74 Å². The lowest BCUT2D eigenvalue weighted by atomic mass is 9.79. The summed E-state index contributed by atoms with van der Waals surface area (Å²) < 4.78 is 44.5. The number of pyridine rings is 1. The minimum Gasteiger partial charge on any atom is -0.384 e. The summed E-state index contributed by atoms with van der Waals surface area (Å²) in [7, 11) is 1.63. The van der Waals surface area contributed by atoms with Crippen LogP contribution >= 0.6 is 0 Å². The number of likely N-dealkylation sites (tertiary alicyclic amines) is 1. The number of ether oxygens (including phenoxy) is 1. The zero-order valence-electron chi connectivity index (χ0n) is 24.6. The summed E-state index contributed by atoms with van der Waals surface area (Å²) in [5, 5.41) is 13.9. The molecule has 234 valence electrons. The molecule has 0 unspecified atom stereocenters. The van der Waals surface area contributed by atoms with E-state index in [9.17, 15) is 27.9 Å². The topological polar surface area (TPSA) is 95.0 Å². The van der Waals surface area contributed by atoms with E-state index < -0.39 is 23.2 Å². The number of aromatic nitrogens is 1. The molecule has 2 aliphatic rings. The van der Waals surface area contributed by atoms with Gasteiger partial charge < -0.3 is 20.1 Å². The largest absolute Gasteiger partial charge is 0.416 e. The molecular formula is C33H37F3N4O4. The zero-order chi connectivity index (χ0) is 31.3. The summed E-state index contributed by atoms with van der Waals surface area (Å²) in [5.41, 5.74) is 0.242. The highest BCUT2D eigenvalue weighted by Crippen LogP contribution is 2.39. The Morgan fingerprint density at radius 2 is 1.82 bits per heavy atom. The molecule has 2 amide bonds. The maximum absolute atomic E-state index is 13.5. The summed E-state index contributed by atoms with van der Waals surface area (Å²) in [6.45, 7) is 1.53. The van der Waals surface area contributed by atoms with Crippen molar-refractivity contribution in [1.29, 1.82) is 0 Å². The maximum atomic E-state index is 13.5. The van der Waals surface area contributed by atoms with Crippen LogP contribution in [0.1, 0.15) is 59.3 Å². The molecule has 0 radical (unpaired) electrons. The van der Waals surface area contributed by atoms with Crippen LogP contribution < -0.4 is 10.2 Å². The number of hydrogen-bond donors (Lipinski definition) is 2. The van der Waals surface area contributed by atoms with Gasteiger partial charge in [0, 0.05) is 43.7 Å². The van der Waals surface area contributed by atoms with Crippen LogP contribution in [0.25, 0.3) is 0 Å². The summed E-state index contributed by atoms with van der Waals surface area (Å²) in [6, 6.07) is 17.2. The van der Waals surface area contributed by atoms with Crippen LogP contribution in [-0.4, -0.2) is 65.6 Å². The highest BCUT2D eigenvalue weighted by Gasteiger charge is 2.41. The van der Waals surface area contributed by atoms with Gasteiger partial charge in [0.2, 0.25) is 5.91 Å². The molecule has 2 aromatic carbocycles.